The van der Waals surface area contributed by atoms with Gasteiger partial charge in [0.05, 0.1) is 11.8 Å². The van der Waals surface area contributed by atoms with Crippen molar-refractivity contribution in [3.05, 3.63) is 18.0 Å². The topological polar surface area (TPSA) is 50.1 Å². The zero-order valence-electron chi connectivity index (χ0n) is 11.5. The fourth-order valence-electron chi connectivity index (χ4n) is 2.71. The van der Waals surface area contributed by atoms with Gasteiger partial charge in [0, 0.05) is 24.3 Å². The van der Waals surface area contributed by atoms with Crippen LogP contribution in [0.5, 0.6) is 0 Å². The van der Waals surface area contributed by atoms with Crippen LogP contribution in [-0.2, 0) is 12.1 Å². The van der Waals surface area contributed by atoms with Crippen molar-refractivity contribution in [2.45, 2.75) is 64.1 Å². The lowest BCUT2D eigenvalue weighted by Crippen LogP contribution is -2.39. The summed E-state index contributed by atoms with van der Waals surface area (Å²) in [6.07, 6.45) is 8.75. The van der Waals surface area contributed by atoms with Crippen molar-refractivity contribution in [1.29, 1.82) is 0 Å². The van der Waals surface area contributed by atoms with Gasteiger partial charge in [0.25, 0.3) is 0 Å². The molecule has 4 nitrogen and oxygen atoms in total. The Labute approximate surface area is 109 Å². The zero-order valence-corrected chi connectivity index (χ0v) is 11.5. The summed E-state index contributed by atoms with van der Waals surface area (Å²) in [7, 11) is 0. The molecule has 0 bridgehead atoms. The molecule has 102 valence electrons. The molecule has 0 aliphatic heterocycles. The first-order valence-corrected chi connectivity index (χ1v) is 7.16. The van der Waals surface area contributed by atoms with E-state index < -0.39 is 5.60 Å². The molecule has 1 aromatic heterocycles. The van der Waals surface area contributed by atoms with Crippen molar-refractivity contribution >= 4 is 0 Å². The van der Waals surface area contributed by atoms with Crippen LogP contribution in [0.4, 0.5) is 0 Å². The standard InChI is InChI=1S/C14H25N3O/c1-3-9-15-13-5-7-14(18,8-6-13)12-10-16-17(4-2)11-12/h10-11,13,15,18H,3-9H2,1-2H3. The molecule has 1 saturated carbocycles. The average Bonchev–Trinajstić information content (AvgIpc) is 2.88. The average molecular weight is 251 g/mol. The number of nitrogens with one attached hydrogen (secondary N) is 1. The number of rotatable bonds is 5. The molecule has 0 radical (unpaired) electrons. The maximum absolute atomic E-state index is 10.7. The number of aryl methyl sites for hydroxylation is 1. The lowest BCUT2D eigenvalue weighted by Gasteiger charge is -2.35. The van der Waals surface area contributed by atoms with Gasteiger partial charge in [-0.1, -0.05) is 6.92 Å². The summed E-state index contributed by atoms with van der Waals surface area (Å²) in [5, 5.41) is 18.5. The third kappa shape index (κ3) is 2.93. The molecule has 2 rings (SSSR count). The van der Waals surface area contributed by atoms with Crippen molar-refractivity contribution in [3.8, 4) is 0 Å². The maximum Gasteiger partial charge on any atom is 0.0928 e. The highest BCUT2D eigenvalue weighted by molar-refractivity contribution is 5.16. The summed E-state index contributed by atoms with van der Waals surface area (Å²) >= 11 is 0. The Morgan fingerprint density at radius 2 is 2.17 bits per heavy atom. The molecule has 0 saturated heterocycles. The van der Waals surface area contributed by atoms with Gasteiger partial charge in [0.15, 0.2) is 0 Å². The second-order valence-corrected chi connectivity index (χ2v) is 5.34. The molecule has 18 heavy (non-hydrogen) atoms. The summed E-state index contributed by atoms with van der Waals surface area (Å²) in [5.41, 5.74) is 0.330. The summed E-state index contributed by atoms with van der Waals surface area (Å²) in [6.45, 7) is 6.19. The van der Waals surface area contributed by atoms with E-state index in [1.807, 2.05) is 17.1 Å². The van der Waals surface area contributed by atoms with Crippen molar-refractivity contribution in [1.82, 2.24) is 15.1 Å². The molecule has 0 aromatic carbocycles. The van der Waals surface area contributed by atoms with Crippen molar-refractivity contribution in [2.75, 3.05) is 6.54 Å². The van der Waals surface area contributed by atoms with Crippen LogP contribution < -0.4 is 5.32 Å². The SMILES string of the molecule is CCCNC1CCC(O)(c2cnn(CC)c2)CC1. The molecule has 0 atom stereocenters. The van der Waals surface area contributed by atoms with E-state index in [1.54, 1.807) is 0 Å². The number of hydrogen-bond donors (Lipinski definition) is 2. The van der Waals surface area contributed by atoms with Gasteiger partial charge in [-0.05, 0) is 45.6 Å². The van der Waals surface area contributed by atoms with E-state index in [0.29, 0.717) is 6.04 Å². The van der Waals surface area contributed by atoms with Gasteiger partial charge in [-0.25, -0.2) is 0 Å². The quantitative estimate of drug-likeness (QED) is 0.842. The van der Waals surface area contributed by atoms with Gasteiger partial charge in [-0.3, -0.25) is 4.68 Å². The fraction of sp³-hybridized carbons (Fsp3) is 0.786. The Kier molecular flexibility index (Phi) is 4.40. The Bertz CT molecular complexity index is 367. The van der Waals surface area contributed by atoms with E-state index >= 15 is 0 Å². The highest BCUT2D eigenvalue weighted by atomic mass is 16.3. The first-order chi connectivity index (χ1) is 8.68. The Hall–Kier alpha value is -0.870. The molecular formula is C14H25N3O. The van der Waals surface area contributed by atoms with Gasteiger partial charge in [-0.15, -0.1) is 0 Å². The van der Waals surface area contributed by atoms with Crippen molar-refractivity contribution in [2.24, 2.45) is 0 Å². The fourth-order valence-corrected chi connectivity index (χ4v) is 2.71. The molecular weight excluding hydrogens is 226 g/mol. The molecule has 0 unspecified atom stereocenters. The van der Waals surface area contributed by atoms with Crippen LogP contribution in [0.1, 0.15) is 51.5 Å². The van der Waals surface area contributed by atoms with E-state index in [2.05, 4.69) is 24.3 Å². The van der Waals surface area contributed by atoms with Crippen LogP contribution in [0.2, 0.25) is 0 Å². The molecule has 1 aliphatic carbocycles. The van der Waals surface area contributed by atoms with Gasteiger partial charge in [0.2, 0.25) is 0 Å². The minimum Gasteiger partial charge on any atom is -0.385 e. The molecule has 0 spiro atoms. The number of nitrogens with zero attached hydrogens (tertiary/aromatic N) is 2. The third-order valence-electron chi connectivity index (χ3n) is 3.99. The predicted molar refractivity (Wildman–Crippen MR) is 72.3 cm³/mol. The Morgan fingerprint density at radius 3 is 2.72 bits per heavy atom. The molecule has 1 aromatic rings. The maximum atomic E-state index is 10.7. The van der Waals surface area contributed by atoms with Crippen LogP contribution in [0.25, 0.3) is 0 Å². The number of aromatic nitrogens is 2. The van der Waals surface area contributed by atoms with E-state index in [0.717, 1.165) is 44.3 Å². The minimum atomic E-state index is -0.655. The van der Waals surface area contributed by atoms with Crippen LogP contribution in [-0.4, -0.2) is 27.5 Å². The lowest BCUT2D eigenvalue weighted by atomic mass is 9.79. The van der Waals surface area contributed by atoms with Crippen molar-refractivity contribution in [3.63, 3.8) is 0 Å². The summed E-state index contributed by atoms with van der Waals surface area (Å²) < 4.78 is 1.88. The molecule has 1 heterocycles. The highest BCUT2D eigenvalue weighted by Crippen LogP contribution is 2.36. The normalized spacial score (nSPS) is 28.5. The Morgan fingerprint density at radius 1 is 1.44 bits per heavy atom. The Balaban J connectivity index is 1.94. The smallest absolute Gasteiger partial charge is 0.0928 e. The van der Waals surface area contributed by atoms with Crippen LogP contribution in [0.15, 0.2) is 12.4 Å². The highest BCUT2D eigenvalue weighted by Gasteiger charge is 2.35. The zero-order chi connectivity index (χ0) is 13.0. The van der Waals surface area contributed by atoms with Gasteiger partial charge in [-0.2, -0.15) is 5.10 Å². The number of hydrogen-bond acceptors (Lipinski definition) is 3. The lowest BCUT2D eigenvalue weighted by molar-refractivity contribution is -0.00834. The third-order valence-corrected chi connectivity index (χ3v) is 3.99. The minimum absolute atomic E-state index is 0.575. The predicted octanol–water partition coefficient (Wildman–Crippen LogP) is 2.03. The monoisotopic (exact) mass is 251 g/mol. The van der Waals surface area contributed by atoms with Crippen LogP contribution >= 0.6 is 0 Å². The molecule has 4 heteroatoms. The molecule has 0 amide bonds. The summed E-state index contributed by atoms with van der Waals surface area (Å²) in [6, 6.07) is 0.575. The largest absolute Gasteiger partial charge is 0.385 e. The van der Waals surface area contributed by atoms with Gasteiger partial charge < -0.3 is 10.4 Å². The van der Waals surface area contributed by atoms with Crippen molar-refractivity contribution < 1.29 is 5.11 Å². The molecule has 2 N–H and O–H groups in total. The second kappa shape index (κ2) is 5.85. The van der Waals surface area contributed by atoms with E-state index in [9.17, 15) is 5.11 Å². The molecule has 1 fully saturated rings. The van der Waals surface area contributed by atoms with E-state index in [4.69, 9.17) is 0 Å². The van der Waals surface area contributed by atoms with E-state index in [-0.39, 0.29) is 0 Å². The van der Waals surface area contributed by atoms with E-state index in [1.165, 1.54) is 6.42 Å². The first kappa shape index (κ1) is 13.6. The second-order valence-electron chi connectivity index (χ2n) is 5.34. The van der Waals surface area contributed by atoms with Gasteiger partial charge in [0.1, 0.15) is 0 Å². The first-order valence-electron chi connectivity index (χ1n) is 7.16. The van der Waals surface area contributed by atoms with Crippen LogP contribution in [0, 0.1) is 0 Å². The van der Waals surface area contributed by atoms with Crippen LogP contribution in [0.3, 0.4) is 0 Å². The molecule has 1 aliphatic rings. The van der Waals surface area contributed by atoms with Gasteiger partial charge >= 0.3 is 0 Å². The number of aliphatic hydroxyl groups is 1. The summed E-state index contributed by atoms with van der Waals surface area (Å²) in [4.78, 5) is 0. The summed E-state index contributed by atoms with van der Waals surface area (Å²) in [5.74, 6) is 0.